The number of imide groups is 1. The van der Waals surface area contributed by atoms with E-state index in [0.717, 1.165) is 0 Å². The van der Waals surface area contributed by atoms with Crippen molar-refractivity contribution in [3.63, 3.8) is 0 Å². The van der Waals surface area contributed by atoms with Crippen molar-refractivity contribution in [3.05, 3.63) is 29.3 Å². The lowest BCUT2D eigenvalue weighted by atomic mass is 10.1. The molecule has 3 amide bonds. The lowest BCUT2D eigenvalue weighted by molar-refractivity contribution is -0.167. The SMILES string of the molecule is CCNC(=O)NC(=O)[C@@H](C)OC(=O)C(C)(C)Oc1ccc(Cl)cc1. The minimum Gasteiger partial charge on any atom is -0.476 e. The van der Waals surface area contributed by atoms with Crippen molar-refractivity contribution in [1.29, 1.82) is 0 Å². The second-order valence-electron chi connectivity index (χ2n) is 5.46. The number of rotatable bonds is 6. The smallest absolute Gasteiger partial charge is 0.350 e. The second-order valence-corrected chi connectivity index (χ2v) is 5.90. The number of nitrogens with one attached hydrogen (secondary N) is 2. The van der Waals surface area contributed by atoms with Gasteiger partial charge in [-0.1, -0.05) is 11.6 Å². The maximum absolute atomic E-state index is 12.2. The van der Waals surface area contributed by atoms with Gasteiger partial charge in [-0.05, 0) is 52.0 Å². The van der Waals surface area contributed by atoms with Crippen molar-refractivity contribution < 1.29 is 23.9 Å². The van der Waals surface area contributed by atoms with Gasteiger partial charge >= 0.3 is 12.0 Å². The van der Waals surface area contributed by atoms with Gasteiger partial charge < -0.3 is 14.8 Å². The van der Waals surface area contributed by atoms with Gasteiger partial charge in [0.05, 0.1) is 0 Å². The molecule has 0 heterocycles. The van der Waals surface area contributed by atoms with Crippen molar-refractivity contribution in [1.82, 2.24) is 10.6 Å². The van der Waals surface area contributed by atoms with E-state index in [1.54, 1.807) is 31.2 Å². The summed E-state index contributed by atoms with van der Waals surface area (Å²) in [6, 6.07) is 5.83. The first kappa shape index (κ1) is 19.8. The first-order valence-electron chi connectivity index (χ1n) is 7.40. The van der Waals surface area contributed by atoms with E-state index < -0.39 is 29.6 Å². The number of ether oxygens (including phenoxy) is 2. The summed E-state index contributed by atoms with van der Waals surface area (Å²) in [6.07, 6.45) is -1.15. The fourth-order valence-electron chi connectivity index (χ4n) is 1.61. The molecule has 1 rings (SSSR count). The third kappa shape index (κ3) is 6.08. The molecule has 1 aromatic carbocycles. The molecule has 2 N–H and O–H groups in total. The van der Waals surface area contributed by atoms with Crippen molar-refractivity contribution in [3.8, 4) is 5.75 Å². The van der Waals surface area contributed by atoms with Crippen molar-refractivity contribution in [2.24, 2.45) is 0 Å². The molecular weight excluding hydrogens is 336 g/mol. The summed E-state index contributed by atoms with van der Waals surface area (Å²) in [5.74, 6) is -1.03. The van der Waals surface area contributed by atoms with Crippen LogP contribution in [0.4, 0.5) is 4.79 Å². The van der Waals surface area contributed by atoms with E-state index >= 15 is 0 Å². The molecule has 24 heavy (non-hydrogen) atoms. The quantitative estimate of drug-likeness (QED) is 0.762. The van der Waals surface area contributed by atoms with Crippen LogP contribution < -0.4 is 15.4 Å². The molecule has 8 heteroatoms. The first-order valence-corrected chi connectivity index (χ1v) is 7.78. The third-order valence-corrected chi connectivity index (χ3v) is 3.16. The maximum atomic E-state index is 12.2. The van der Waals surface area contributed by atoms with Crippen LogP contribution in [0.15, 0.2) is 24.3 Å². The molecule has 0 aliphatic carbocycles. The van der Waals surface area contributed by atoms with Crippen LogP contribution in [0.3, 0.4) is 0 Å². The van der Waals surface area contributed by atoms with Gasteiger partial charge in [0.1, 0.15) is 5.75 Å². The summed E-state index contributed by atoms with van der Waals surface area (Å²) < 4.78 is 10.6. The first-order chi connectivity index (χ1) is 11.2. The molecule has 0 fully saturated rings. The van der Waals surface area contributed by atoms with Crippen LogP contribution in [0, 0.1) is 0 Å². The number of hydrogen-bond donors (Lipinski definition) is 2. The normalized spacial score (nSPS) is 12.0. The van der Waals surface area contributed by atoms with Crippen LogP contribution >= 0.6 is 11.6 Å². The largest absolute Gasteiger partial charge is 0.476 e. The number of halogens is 1. The fraction of sp³-hybridized carbons (Fsp3) is 0.438. The lowest BCUT2D eigenvalue weighted by Crippen LogP contribution is -2.47. The number of amides is 3. The van der Waals surface area contributed by atoms with Crippen LogP contribution in [0.25, 0.3) is 0 Å². The summed E-state index contributed by atoms with van der Waals surface area (Å²) >= 11 is 5.79. The van der Waals surface area contributed by atoms with E-state index in [1.807, 2.05) is 0 Å². The van der Waals surface area contributed by atoms with Gasteiger partial charge in [-0.2, -0.15) is 0 Å². The zero-order valence-electron chi connectivity index (χ0n) is 14.0. The van der Waals surface area contributed by atoms with Crippen molar-refractivity contribution >= 4 is 29.5 Å². The zero-order valence-corrected chi connectivity index (χ0v) is 14.8. The Bertz CT molecular complexity index is 601. The molecule has 7 nitrogen and oxygen atoms in total. The number of carbonyl (C=O) groups is 3. The van der Waals surface area contributed by atoms with Crippen LogP contribution in [-0.4, -0.2) is 36.2 Å². The Hall–Kier alpha value is -2.28. The Morgan fingerprint density at radius 2 is 1.79 bits per heavy atom. The number of hydrogen-bond acceptors (Lipinski definition) is 5. The fourth-order valence-corrected chi connectivity index (χ4v) is 1.74. The molecule has 0 aliphatic rings. The predicted molar refractivity (Wildman–Crippen MR) is 88.9 cm³/mol. The molecule has 0 unspecified atom stereocenters. The van der Waals surface area contributed by atoms with Gasteiger partial charge in [-0.3, -0.25) is 10.1 Å². The summed E-state index contributed by atoms with van der Waals surface area (Å²) in [4.78, 5) is 35.3. The Morgan fingerprint density at radius 3 is 2.33 bits per heavy atom. The molecule has 0 saturated carbocycles. The molecule has 1 aromatic rings. The molecule has 0 saturated heterocycles. The second kappa shape index (κ2) is 8.54. The topological polar surface area (TPSA) is 93.7 Å². The number of esters is 1. The highest BCUT2D eigenvalue weighted by molar-refractivity contribution is 6.30. The van der Waals surface area contributed by atoms with Crippen LogP contribution in [0.5, 0.6) is 5.75 Å². The molecule has 0 radical (unpaired) electrons. The van der Waals surface area contributed by atoms with Gasteiger partial charge in [0, 0.05) is 11.6 Å². The standard InChI is InChI=1S/C16H21ClN2O5/c1-5-18-15(22)19-13(20)10(2)23-14(21)16(3,4)24-12-8-6-11(17)7-9-12/h6-10H,5H2,1-4H3,(H2,18,19,20,22)/t10-/m1/s1. The molecule has 0 aliphatic heterocycles. The van der Waals surface area contributed by atoms with Gasteiger partial charge in [0.15, 0.2) is 11.7 Å². The number of carbonyl (C=O) groups excluding carboxylic acids is 3. The zero-order chi connectivity index (χ0) is 18.3. The molecular formula is C16H21ClN2O5. The van der Waals surface area contributed by atoms with E-state index in [0.29, 0.717) is 17.3 Å². The molecule has 0 aromatic heterocycles. The molecule has 132 valence electrons. The molecule has 0 spiro atoms. The lowest BCUT2D eigenvalue weighted by Gasteiger charge is -2.26. The van der Waals surface area contributed by atoms with E-state index in [4.69, 9.17) is 21.1 Å². The summed E-state index contributed by atoms with van der Waals surface area (Å²) in [6.45, 7) is 6.47. The number of urea groups is 1. The highest BCUT2D eigenvalue weighted by atomic mass is 35.5. The van der Waals surface area contributed by atoms with E-state index in [9.17, 15) is 14.4 Å². The Morgan fingerprint density at radius 1 is 1.21 bits per heavy atom. The van der Waals surface area contributed by atoms with E-state index in [1.165, 1.54) is 20.8 Å². The minimum absolute atomic E-state index is 0.370. The van der Waals surface area contributed by atoms with Crippen molar-refractivity contribution in [2.45, 2.75) is 39.4 Å². The van der Waals surface area contributed by atoms with Gasteiger partial charge in [0.25, 0.3) is 5.91 Å². The summed E-state index contributed by atoms with van der Waals surface area (Å²) in [7, 11) is 0. The van der Waals surface area contributed by atoms with Crippen LogP contribution in [0.2, 0.25) is 5.02 Å². The van der Waals surface area contributed by atoms with Gasteiger partial charge in [-0.15, -0.1) is 0 Å². The highest BCUT2D eigenvalue weighted by Crippen LogP contribution is 2.22. The van der Waals surface area contributed by atoms with E-state index in [2.05, 4.69) is 10.6 Å². The van der Waals surface area contributed by atoms with Crippen LogP contribution in [0.1, 0.15) is 27.7 Å². The average molecular weight is 357 g/mol. The Balaban J connectivity index is 2.62. The summed E-state index contributed by atoms with van der Waals surface area (Å²) in [5, 5.41) is 5.02. The third-order valence-electron chi connectivity index (χ3n) is 2.91. The Kier molecular flexibility index (Phi) is 7.03. The number of benzene rings is 1. The Labute approximate surface area is 145 Å². The molecule has 0 bridgehead atoms. The maximum Gasteiger partial charge on any atom is 0.350 e. The summed E-state index contributed by atoms with van der Waals surface area (Å²) in [5.41, 5.74) is -1.33. The minimum atomic E-state index is -1.33. The predicted octanol–water partition coefficient (Wildman–Crippen LogP) is 2.27. The van der Waals surface area contributed by atoms with Gasteiger partial charge in [0.2, 0.25) is 0 Å². The van der Waals surface area contributed by atoms with E-state index in [-0.39, 0.29) is 0 Å². The highest BCUT2D eigenvalue weighted by Gasteiger charge is 2.34. The monoisotopic (exact) mass is 356 g/mol. The van der Waals surface area contributed by atoms with Gasteiger partial charge in [-0.25, -0.2) is 9.59 Å². The molecule has 1 atom stereocenters. The average Bonchev–Trinajstić information content (AvgIpc) is 2.49. The van der Waals surface area contributed by atoms with Crippen molar-refractivity contribution in [2.75, 3.05) is 6.54 Å². The van der Waals surface area contributed by atoms with Crippen LogP contribution in [-0.2, 0) is 14.3 Å².